The van der Waals surface area contributed by atoms with Gasteiger partial charge < -0.3 is 9.80 Å². The molecule has 32 heavy (non-hydrogen) atoms. The highest BCUT2D eigenvalue weighted by Gasteiger charge is 2.45. The Morgan fingerprint density at radius 3 is 2.56 bits per heavy atom. The Hall–Kier alpha value is -3.35. The second kappa shape index (κ2) is 7.97. The van der Waals surface area contributed by atoms with Crippen molar-refractivity contribution in [3.8, 4) is 11.3 Å². The molecule has 4 heterocycles. The number of likely N-dealkylation sites (tertiary alicyclic amines) is 1. The number of hydrogen-bond acceptors (Lipinski definition) is 5. The SMILES string of the molecule is Cc1ccnc(-c2ccc(F)cc2C(=O)N2CC[C@H]3CN(c4nc(C)cc(C)n4)[C@H]3C2)c1. The van der Waals surface area contributed by atoms with Crippen molar-refractivity contribution in [2.75, 3.05) is 24.5 Å². The number of carbonyl (C=O) groups is 1. The van der Waals surface area contributed by atoms with Gasteiger partial charge in [0.2, 0.25) is 5.95 Å². The molecule has 3 aromatic rings. The standard InChI is InChI=1S/C25H26FN5O/c1-15-6-8-27-22(10-15)20-5-4-19(26)12-21(20)24(32)30-9-7-18-13-31(23(18)14-30)25-28-16(2)11-17(3)29-25/h4-6,8,10-12,18,23H,7,9,13-14H2,1-3H3/t18-,23-/m0/s1. The van der Waals surface area contributed by atoms with Gasteiger partial charge in [0, 0.05) is 48.7 Å². The van der Waals surface area contributed by atoms with Crippen molar-refractivity contribution < 1.29 is 9.18 Å². The number of nitrogens with zero attached hydrogens (tertiary/aromatic N) is 5. The molecule has 2 saturated heterocycles. The van der Waals surface area contributed by atoms with Crippen LogP contribution in [-0.2, 0) is 0 Å². The highest BCUT2D eigenvalue weighted by molar-refractivity contribution is 6.00. The van der Waals surface area contributed by atoms with Crippen LogP contribution in [0.4, 0.5) is 10.3 Å². The molecular weight excluding hydrogens is 405 g/mol. The molecule has 7 heteroatoms. The molecular formula is C25H26FN5O. The molecule has 2 aliphatic heterocycles. The van der Waals surface area contributed by atoms with Crippen LogP contribution < -0.4 is 4.90 Å². The third kappa shape index (κ3) is 3.72. The van der Waals surface area contributed by atoms with Crippen molar-refractivity contribution in [2.24, 2.45) is 5.92 Å². The molecule has 164 valence electrons. The molecule has 5 rings (SSSR count). The molecule has 2 aromatic heterocycles. The first kappa shape index (κ1) is 20.5. The number of carbonyl (C=O) groups excluding carboxylic acids is 1. The fraction of sp³-hybridized carbons (Fsp3) is 0.360. The second-order valence-electron chi connectivity index (χ2n) is 8.88. The van der Waals surface area contributed by atoms with E-state index in [2.05, 4.69) is 19.9 Å². The van der Waals surface area contributed by atoms with Gasteiger partial charge in [0.25, 0.3) is 5.91 Å². The van der Waals surface area contributed by atoms with Crippen molar-refractivity contribution in [3.05, 3.63) is 70.9 Å². The maximum Gasteiger partial charge on any atom is 0.254 e. The van der Waals surface area contributed by atoms with Gasteiger partial charge in [0.1, 0.15) is 5.82 Å². The minimum absolute atomic E-state index is 0.158. The second-order valence-corrected chi connectivity index (χ2v) is 8.88. The van der Waals surface area contributed by atoms with Crippen molar-refractivity contribution in [1.82, 2.24) is 19.9 Å². The minimum atomic E-state index is -0.423. The van der Waals surface area contributed by atoms with Crippen LogP contribution in [0.1, 0.15) is 33.7 Å². The molecule has 2 fully saturated rings. The van der Waals surface area contributed by atoms with Gasteiger partial charge in [-0.05, 0) is 69.2 Å². The zero-order valence-electron chi connectivity index (χ0n) is 18.5. The van der Waals surface area contributed by atoms with Gasteiger partial charge in [0.15, 0.2) is 0 Å². The zero-order chi connectivity index (χ0) is 22.4. The van der Waals surface area contributed by atoms with E-state index < -0.39 is 5.82 Å². The van der Waals surface area contributed by atoms with Crippen molar-refractivity contribution in [3.63, 3.8) is 0 Å². The summed E-state index contributed by atoms with van der Waals surface area (Å²) in [5.74, 6) is 0.672. The summed E-state index contributed by atoms with van der Waals surface area (Å²) in [6.07, 6.45) is 2.63. The van der Waals surface area contributed by atoms with Gasteiger partial charge in [-0.1, -0.05) is 0 Å². The Morgan fingerprint density at radius 1 is 1.03 bits per heavy atom. The van der Waals surface area contributed by atoms with E-state index in [4.69, 9.17) is 0 Å². The van der Waals surface area contributed by atoms with Crippen LogP contribution in [0.15, 0.2) is 42.6 Å². The first-order chi connectivity index (χ1) is 15.4. The number of pyridine rings is 1. The van der Waals surface area contributed by atoms with Crippen LogP contribution in [0.2, 0.25) is 0 Å². The van der Waals surface area contributed by atoms with Gasteiger partial charge in [-0.15, -0.1) is 0 Å². The lowest BCUT2D eigenvalue weighted by atomic mass is 9.82. The molecule has 0 saturated carbocycles. The molecule has 2 atom stereocenters. The van der Waals surface area contributed by atoms with Gasteiger partial charge >= 0.3 is 0 Å². The maximum atomic E-state index is 14.2. The van der Waals surface area contributed by atoms with Crippen molar-refractivity contribution in [1.29, 1.82) is 0 Å². The van der Waals surface area contributed by atoms with E-state index in [1.54, 1.807) is 12.3 Å². The summed E-state index contributed by atoms with van der Waals surface area (Å²) in [5, 5.41) is 0. The minimum Gasteiger partial charge on any atom is -0.337 e. The zero-order valence-corrected chi connectivity index (χ0v) is 18.5. The molecule has 2 aliphatic rings. The van der Waals surface area contributed by atoms with Crippen molar-refractivity contribution >= 4 is 11.9 Å². The summed E-state index contributed by atoms with van der Waals surface area (Å²) in [6.45, 7) is 8.07. The van der Waals surface area contributed by atoms with E-state index >= 15 is 0 Å². The van der Waals surface area contributed by atoms with E-state index in [9.17, 15) is 9.18 Å². The molecule has 0 N–H and O–H groups in total. The lowest BCUT2D eigenvalue weighted by Crippen LogP contribution is -2.65. The molecule has 1 amide bonds. The van der Waals surface area contributed by atoms with Crippen LogP contribution in [0, 0.1) is 32.5 Å². The van der Waals surface area contributed by atoms with Crippen molar-refractivity contribution in [2.45, 2.75) is 33.2 Å². The number of benzene rings is 1. The molecule has 0 aliphatic carbocycles. The van der Waals surface area contributed by atoms with Crippen LogP contribution >= 0.6 is 0 Å². The number of hydrogen-bond donors (Lipinski definition) is 0. The summed E-state index contributed by atoms with van der Waals surface area (Å²) in [5.41, 5.74) is 4.61. The number of amides is 1. The van der Waals surface area contributed by atoms with Gasteiger partial charge in [-0.25, -0.2) is 14.4 Å². The highest BCUT2D eigenvalue weighted by Crippen LogP contribution is 2.36. The first-order valence-electron chi connectivity index (χ1n) is 11.0. The average Bonchev–Trinajstić information content (AvgIpc) is 2.73. The van der Waals surface area contributed by atoms with Gasteiger partial charge in [-0.2, -0.15) is 0 Å². The van der Waals surface area contributed by atoms with Crippen LogP contribution in [-0.4, -0.2) is 51.4 Å². The van der Waals surface area contributed by atoms with E-state index in [1.807, 2.05) is 43.9 Å². The summed E-state index contributed by atoms with van der Waals surface area (Å²) in [6, 6.07) is 10.3. The van der Waals surface area contributed by atoms with Crippen LogP contribution in [0.5, 0.6) is 0 Å². The number of aryl methyl sites for hydroxylation is 3. The third-order valence-electron chi connectivity index (χ3n) is 6.47. The monoisotopic (exact) mass is 431 g/mol. The molecule has 6 nitrogen and oxygen atoms in total. The highest BCUT2D eigenvalue weighted by atomic mass is 19.1. The number of piperidine rings is 1. The van der Waals surface area contributed by atoms with E-state index in [0.29, 0.717) is 35.8 Å². The molecule has 0 bridgehead atoms. The first-order valence-corrected chi connectivity index (χ1v) is 11.0. The fourth-order valence-corrected chi connectivity index (χ4v) is 4.82. The fourth-order valence-electron chi connectivity index (χ4n) is 4.82. The normalized spacial score (nSPS) is 20.0. The number of halogens is 1. The van der Waals surface area contributed by atoms with Gasteiger partial charge in [-0.3, -0.25) is 9.78 Å². The Morgan fingerprint density at radius 2 is 1.81 bits per heavy atom. The van der Waals surface area contributed by atoms with Crippen LogP contribution in [0.3, 0.4) is 0 Å². The molecule has 0 spiro atoms. The summed E-state index contributed by atoms with van der Waals surface area (Å²) >= 11 is 0. The number of aromatic nitrogens is 3. The number of rotatable bonds is 3. The van der Waals surface area contributed by atoms with E-state index in [1.165, 1.54) is 12.1 Å². The Bertz CT molecular complexity index is 1180. The largest absolute Gasteiger partial charge is 0.337 e. The lowest BCUT2D eigenvalue weighted by molar-refractivity contribution is 0.0589. The number of fused-ring (bicyclic) bond motifs is 1. The Kier molecular flexibility index (Phi) is 5.12. The summed E-state index contributed by atoms with van der Waals surface area (Å²) < 4.78 is 14.2. The third-order valence-corrected chi connectivity index (χ3v) is 6.47. The Labute approximate surface area is 187 Å². The lowest BCUT2D eigenvalue weighted by Gasteiger charge is -2.53. The molecule has 1 aromatic carbocycles. The molecule has 0 unspecified atom stereocenters. The van der Waals surface area contributed by atoms with Gasteiger partial charge in [0.05, 0.1) is 17.3 Å². The predicted molar refractivity (Wildman–Crippen MR) is 121 cm³/mol. The Balaban J connectivity index is 1.42. The van der Waals surface area contributed by atoms with Crippen LogP contribution in [0.25, 0.3) is 11.3 Å². The predicted octanol–water partition coefficient (Wildman–Crippen LogP) is 3.95. The summed E-state index contributed by atoms with van der Waals surface area (Å²) in [4.78, 5) is 31.2. The number of anilines is 1. The maximum absolute atomic E-state index is 14.2. The topological polar surface area (TPSA) is 62.2 Å². The average molecular weight is 432 g/mol. The van der Waals surface area contributed by atoms with E-state index in [-0.39, 0.29) is 11.9 Å². The van der Waals surface area contributed by atoms with E-state index in [0.717, 1.165) is 35.9 Å². The quantitative estimate of drug-likeness (QED) is 0.628. The smallest absolute Gasteiger partial charge is 0.254 e. The summed E-state index contributed by atoms with van der Waals surface area (Å²) in [7, 11) is 0. The molecule has 0 radical (unpaired) electrons.